The van der Waals surface area contributed by atoms with E-state index < -0.39 is 0 Å². The van der Waals surface area contributed by atoms with Crippen LogP contribution in [0, 0.1) is 0 Å². The Morgan fingerprint density at radius 2 is 2.09 bits per heavy atom. The Labute approximate surface area is 132 Å². The minimum Gasteiger partial charge on any atom is -0.379 e. The average Bonchev–Trinajstić information content (AvgIpc) is 2.96. The molecule has 1 fully saturated rings. The van der Waals surface area contributed by atoms with Crippen LogP contribution in [0.1, 0.15) is 30.0 Å². The number of amides is 2. The van der Waals surface area contributed by atoms with Gasteiger partial charge in [0.05, 0.1) is 19.3 Å². The predicted octanol–water partition coefficient (Wildman–Crippen LogP) is 1.70. The van der Waals surface area contributed by atoms with E-state index in [1.807, 2.05) is 6.07 Å². The van der Waals surface area contributed by atoms with E-state index in [-0.39, 0.29) is 12.1 Å². The van der Waals surface area contributed by atoms with Gasteiger partial charge in [-0.15, -0.1) is 0 Å². The van der Waals surface area contributed by atoms with Gasteiger partial charge in [-0.3, -0.25) is 4.90 Å². The minimum absolute atomic E-state index is 0.0521. The number of nitrogens with one attached hydrogen (secondary N) is 2. The van der Waals surface area contributed by atoms with Gasteiger partial charge in [0, 0.05) is 19.6 Å². The van der Waals surface area contributed by atoms with Crippen LogP contribution in [0.15, 0.2) is 24.3 Å². The summed E-state index contributed by atoms with van der Waals surface area (Å²) in [4.78, 5) is 14.4. The summed E-state index contributed by atoms with van der Waals surface area (Å²) >= 11 is 0. The summed E-state index contributed by atoms with van der Waals surface area (Å²) in [6.07, 6.45) is 3.04. The lowest BCUT2D eigenvalue weighted by Crippen LogP contribution is -2.40. The highest BCUT2D eigenvalue weighted by atomic mass is 16.5. The highest BCUT2D eigenvalue weighted by Gasteiger charge is 2.23. The predicted molar refractivity (Wildman–Crippen MR) is 85.9 cm³/mol. The molecule has 1 heterocycles. The molecule has 0 aromatic heterocycles. The SMILES string of the molecule is O=C(NCCCN1CCOCC1)NC1CCc2ccccc21. The van der Waals surface area contributed by atoms with Gasteiger partial charge in [0.1, 0.15) is 0 Å². The standard InChI is InChI=1S/C17H25N3O2/c21-17(18-8-3-9-20-10-12-22-13-11-20)19-16-7-6-14-4-1-2-5-15(14)16/h1-2,4-5,16H,3,6-13H2,(H2,18,19,21). The van der Waals surface area contributed by atoms with Crippen LogP contribution in [0.2, 0.25) is 0 Å². The van der Waals surface area contributed by atoms with E-state index in [1.54, 1.807) is 0 Å². The summed E-state index contributed by atoms with van der Waals surface area (Å²) in [5.74, 6) is 0. The summed E-state index contributed by atoms with van der Waals surface area (Å²) < 4.78 is 5.33. The number of urea groups is 1. The van der Waals surface area contributed by atoms with Gasteiger partial charge in [-0.1, -0.05) is 24.3 Å². The van der Waals surface area contributed by atoms with Gasteiger partial charge in [0.15, 0.2) is 0 Å². The molecule has 1 aliphatic carbocycles. The molecule has 1 unspecified atom stereocenters. The largest absolute Gasteiger partial charge is 0.379 e. The van der Waals surface area contributed by atoms with Gasteiger partial charge in [-0.05, 0) is 36.9 Å². The van der Waals surface area contributed by atoms with Crippen LogP contribution in [0.5, 0.6) is 0 Å². The van der Waals surface area contributed by atoms with Crippen LogP contribution >= 0.6 is 0 Å². The normalized spacial score (nSPS) is 21.4. The Balaban J connectivity index is 1.35. The molecule has 0 radical (unpaired) electrons. The topological polar surface area (TPSA) is 53.6 Å². The molecule has 1 aliphatic heterocycles. The number of carbonyl (C=O) groups excluding carboxylic acids is 1. The van der Waals surface area contributed by atoms with Crippen LogP contribution in [-0.4, -0.2) is 50.3 Å². The number of rotatable bonds is 5. The maximum atomic E-state index is 12.0. The van der Waals surface area contributed by atoms with Gasteiger partial charge in [-0.2, -0.15) is 0 Å². The number of morpholine rings is 1. The Morgan fingerprint density at radius 3 is 2.95 bits per heavy atom. The lowest BCUT2D eigenvalue weighted by molar-refractivity contribution is 0.0375. The van der Waals surface area contributed by atoms with Gasteiger partial charge in [0.25, 0.3) is 0 Å². The minimum atomic E-state index is -0.0521. The number of hydrogen-bond donors (Lipinski definition) is 2. The smallest absolute Gasteiger partial charge is 0.315 e. The monoisotopic (exact) mass is 303 g/mol. The quantitative estimate of drug-likeness (QED) is 0.814. The molecular weight excluding hydrogens is 278 g/mol. The van der Waals surface area contributed by atoms with Gasteiger partial charge < -0.3 is 15.4 Å². The van der Waals surface area contributed by atoms with Crippen LogP contribution in [0.4, 0.5) is 4.79 Å². The number of nitrogens with zero attached hydrogens (tertiary/aromatic N) is 1. The number of ether oxygens (including phenoxy) is 1. The molecule has 1 aromatic carbocycles. The molecule has 0 saturated carbocycles. The first-order valence-electron chi connectivity index (χ1n) is 8.25. The molecule has 2 N–H and O–H groups in total. The maximum absolute atomic E-state index is 12.0. The Hall–Kier alpha value is -1.59. The molecule has 2 aliphatic rings. The Bertz CT molecular complexity index is 500. The highest BCUT2D eigenvalue weighted by Crippen LogP contribution is 2.30. The van der Waals surface area contributed by atoms with Crippen molar-refractivity contribution >= 4 is 6.03 Å². The van der Waals surface area contributed by atoms with Crippen molar-refractivity contribution in [1.82, 2.24) is 15.5 Å². The summed E-state index contributed by atoms with van der Waals surface area (Å²) in [6, 6.07) is 8.48. The third kappa shape index (κ3) is 3.99. The first kappa shape index (κ1) is 15.3. The second kappa shape index (κ2) is 7.61. The molecule has 1 saturated heterocycles. The fourth-order valence-electron chi connectivity index (χ4n) is 3.25. The number of hydrogen-bond acceptors (Lipinski definition) is 3. The number of carbonyl (C=O) groups is 1. The molecule has 1 atom stereocenters. The summed E-state index contributed by atoms with van der Waals surface area (Å²) in [5.41, 5.74) is 2.63. The fraction of sp³-hybridized carbons (Fsp3) is 0.588. The van der Waals surface area contributed by atoms with E-state index in [4.69, 9.17) is 4.74 Å². The van der Waals surface area contributed by atoms with Crippen molar-refractivity contribution in [2.75, 3.05) is 39.4 Å². The molecule has 0 spiro atoms. The Morgan fingerprint density at radius 1 is 1.27 bits per heavy atom. The average molecular weight is 303 g/mol. The maximum Gasteiger partial charge on any atom is 0.315 e. The lowest BCUT2D eigenvalue weighted by atomic mass is 10.1. The molecule has 5 nitrogen and oxygen atoms in total. The third-order valence-electron chi connectivity index (χ3n) is 4.48. The molecule has 120 valence electrons. The Kier molecular flexibility index (Phi) is 5.29. The number of fused-ring (bicyclic) bond motifs is 1. The van der Waals surface area contributed by atoms with E-state index >= 15 is 0 Å². The van der Waals surface area contributed by atoms with Crippen molar-refractivity contribution in [2.24, 2.45) is 0 Å². The summed E-state index contributed by atoms with van der Waals surface area (Å²) in [7, 11) is 0. The molecule has 0 bridgehead atoms. The van der Waals surface area contributed by atoms with Crippen molar-refractivity contribution < 1.29 is 9.53 Å². The van der Waals surface area contributed by atoms with Crippen LogP contribution in [0.25, 0.3) is 0 Å². The van der Waals surface area contributed by atoms with Crippen molar-refractivity contribution in [3.8, 4) is 0 Å². The number of benzene rings is 1. The van der Waals surface area contributed by atoms with Gasteiger partial charge >= 0.3 is 6.03 Å². The molecule has 3 rings (SSSR count). The van der Waals surface area contributed by atoms with E-state index in [0.717, 1.165) is 58.7 Å². The zero-order chi connectivity index (χ0) is 15.2. The van der Waals surface area contributed by atoms with E-state index in [9.17, 15) is 4.79 Å². The molecule has 2 amide bonds. The van der Waals surface area contributed by atoms with Gasteiger partial charge in [0.2, 0.25) is 0 Å². The second-order valence-electron chi connectivity index (χ2n) is 6.00. The van der Waals surface area contributed by atoms with E-state index in [1.165, 1.54) is 11.1 Å². The van der Waals surface area contributed by atoms with E-state index in [0.29, 0.717) is 0 Å². The van der Waals surface area contributed by atoms with Gasteiger partial charge in [-0.25, -0.2) is 4.79 Å². The fourth-order valence-corrected chi connectivity index (χ4v) is 3.25. The highest BCUT2D eigenvalue weighted by molar-refractivity contribution is 5.74. The first-order chi connectivity index (χ1) is 10.8. The van der Waals surface area contributed by atoms with Crippen LogP contribution in [0.3, 0.4) is 0 Å². The lowest BCUT2D eigenvalue weighted by Gasteiger charge is -2.26. The first-order valence-corrected chi connectivity index (χ1v) is 8.25. The zero-order valence-corrected chi connectivity index (χ0v) is 13.0. The van der Waals surface area contributed by atoms with Crippen molar-refractivity contribution in [3.63, 3.8) is 0 Å². The van der Waals surface area contributed by atoms with Crippen LogP contribution < -0.4 is 10.6 Å². The zero-order valence-electron chi connectivity index (χ0n) is 13.0. The summed E-state index contributed by atoms with van der Waals surface area (Å²) in [6.45, 7) is 5.41. The van der Waals surface area contributed by atoms with Crippen LogP contribution in [-0.2, 0) is 11.2 Å². The third-order valence-corrected chi connectivity index (χ3v) is 4.48. The number of aryl methyl sites for hydroxylation is 1. The van der Waals surface area contributed by atoms with Crippen molar-refractivity contribution in [1.29, 1.82) is 0 Å². The molecular formula is C17H25N3O2. The summed E-state index contributed by atoms with van der Waals surface area (Å²) in [5, 5.41) is 6.06. The second-order valence-corrected chi connectivity index (χ2v) is 6.00. The van der Waals surface area contributed by atoms with Crippen molar-refractivity contribution in [3.05, 3.63) is 35.4 Å². The molecule has 22 heavy (non-hydrogen) atoms. The van der Waals surface area contributed by atoms with E-state index in [2.05, 4.69) is 33.7 Å². The molecule has 1 aromatic rings. The van der Waals surface area contributed by atoms with Crippen molar-refractivity contribution in [2.45, 2.75) is 25.3 Å². The molecule has 5 heteroatoms.